The lowest BCUT2D eigenvalue weighted by molar-refractivity contribution is 0.127. The Labute approximate surface area is 115 Å². The van der Waals surface area contributed by atoms with E-state index in [1.165, 1.54) is 31.5 Å². The predicted octanol–water partition coefficient (Wildman–Crippen LogP) is 1.87. The number of aromatic nitrogens is 1. The fraction of sp³-hybridized carbons (Fsp3) is 0.600. The van der Waals surface area contributed by atoms with Crippen LogP contribution in [0.3, 0.4) is 0 Å². The van der Waals surface area contributed by atoms with E-state index in [4.69, 9.17) is 5.26 Å². The monoisotopic (exact) mass is 258 g/mol. The van der Waals surface area contributed by atoms with Gasteiger partial charge in [-0.2, -0.15) is 5.26 Å². The third-order valence-corrected chi connectivity index (χ3v) is 4.00. The van der Waals surface area contributed by atoms with Crippen molar-refractivity contribution < 1.29 is 0 Å². The van der Waals surface area contributed by atoms with Crippen LogP contribution in [0.5, 0.6) is 0 Å². The summed E-state index contributed by atoms with van der Waals surface area (Å²) < 4.78 is 0. The summed E-state index contributed by atoms with van der Waals surface area (Å²) in [5, 5.41) is 8.87. The molecule has 1 aliphatic heterocycles. The zero-order chi connectivity index (χ0) is 13.7. The van der Waals surface area contributed by atoms with Gasteiger partial charge < -0.3 is 4.90 Å². The highest BCUT2D eigenvalue weighted by molar-refractivity contribution is 5.25. The van der Waals surface area contributed by atoms with Crippen molar-refractivity contribution in [2.75, 3.05) is 26.7 Å². The molecule has 0 bridgehead atoms. The van der Waals surface area contributed by atoms with Crippen LogP contribution in [0.1, 0.15) is 31.0 Å². The minimum absolute atomic E-state index is 0.506. The third kappa shape index (κ3) is 3.76. The van der Waals surface area contributed by atoms with E-state index in [1.807, 2.05) is 12.1 Å². The summed E-state index contributed by atoms with van der Waals surface area (Å²) in [6.07, 6.45) is 4.20. The number of likely N-dealkylation sites (tertiary alicyclic amines) is 1. The minimum atomic E-state index is 0.506. The molecule has 2 heterocycles. The van der Waals surface area contributed by atoms with Crippen LogP contribution in [-0.4, -0.2) is 47.5 Å². The second kappa shape index (κ2) is 6.65. The third-order valence-electron chi connectivity index (χ3n) is 4.00. The fourth-order valence-electron chi connectivity index (χ4n) is 2.73. The Morgan fingerprint density at radius 3 is 2.84 bits per heavy atom. The summed E-state index contributed by atoms with van der Waals surface area (Å²) in [7, 11) is 2.18. The summed E-state index contributed by atoms with van der Waals surface area (Å²) >= 11 is 0. The molecule has 4 heteroatoms. The molecule has 102 valence electrons. The number of piperidine rings is 1. The molecule has 0 spiro atoms. The highest BCUT2D eigenvalue weighted by Crippen LogP contribution is 2.17. The first-order valence-corrected chi connectivity index (χ1v) is 7.00. The Bertz CT molecular complexity index is 444. The molecule has 0 aromatic carbocycles. The largest absolute Gasteiger partial charge is 0.303 e. The first-order chi connectivity index (χ1) is 9.22. The maximum atomic E-state index is 8.87. The Balaban J connectivity index is 1.90. The van der Waals surface area contributed by atoms with Crippen molar-refractivity contribution in [3.8, 4) is 6.07 Å². The van der Waals surface area contributed by atoms with Gasteiger partial charge in [-0.3, -0.25) is 4.90 Å². The topological polar surface area (TPSA) is 43.2 Å². The summed E-state index contributed by atoms with van der Waals surface area (Å²) in [5.41, 5.74) is 1.68. The van der Waals surface area contributed by atoms with E-state index >= 15 is 0 Å². The molecule has 4 nitrogen and oxygen atoms in total. The molecule has 1 aromatic heterocycles. The quantitative estimate of drug-likeness (QED) is 0.827. The molecule has 2 rings (SSSR count). The lowest BCUT2D eigenvalue weighted by Gasteiger charge is -2.36. The van der Waals surface area contributed by atoms with Gasteiger partial charge in [0.2, 0.25) is 0 Å². The van der Waals surface area contributed by atoms with E-state index in [2.05, 4.69) is 34.8 Å². The first-order valence-electron chi connectivity index (χ1n) is 7.00. The predicted molar refractivity (Wildman–Crippen MR) is 75.6 cm³/mol. The van der Waals surface area contributed by atoms with Crippen molar-refractivity contribution in [2.45, 2.75) is 32.4 Å². The Kier molecular flexibility index (Phi) is 4.89. The Morgan fingerprint density at radius 1 is 1.47 bits per heavy atom. The Morgan fingerprint density at radius 2 is 2.21 bits per heavy atom. The van der Waals surface area contributed by atoms with Crippen LogP contribution >= 0.6 is 0 Å². The van der Waals surface area contributed by atoms with Gasteiger partial charge in [-0.05, 0) is 57.2 Å². The SMILES string of the molecule is CCN1CCC(N(C)Cc2ccnc(C#N)c2)CC1. The van der Waals surface area contributed by atoms with Gasteiger partial charge in [0.05, 0.1) is 0 Å². The van der Waals surface area contributed by atoms with Crippen LogP contribution < -0.4 is 0 Å². The lowest BCUT2D eigenvalue weighted by Crippen LogP contribution is -2.42. The summed E-state index contributed by atoms with van der Waals surface area (Å²) in [6, 6.07) is 6.64. The van der Waals surface area contributed by atoms with Crippen LogP contribution in [0, 0.1) is 11.3 Å². The molecule has 0 radical (unpaired) electrons. The average Bonchev–Trinajstić information content (AvgIpc) is 2.47. The number of nitriles is 1. The zero-order valence-corrected chi connectivity index (χ0v) is 11.8. The molecule has 1 aromatic rings. The van der Waals surface area contributed by atoms with Crippen LogP contribution in [0.15, 0.2) is 18.3 Å². The van der Waals surface area contributed by atoms with Crippen LogP contribution in [0.2, 0.25) is 0 Å². The summed E-state index contributed by atoms with van der Waals surface area (Å²) in [4.78, 5) is 8.92. The van der Waals surface area contributed by atoms with E-state index in [0.29, 0.717) is 11.7 Å². The van der Waals surface area contributed by atoms with E-state index in [0.717, 1.165) is 13.1 Å². The van der Waals surface area contributed by atoms with Crippen molar-refractivity contribution in [1.82, 2.24) is 14.8 Å². The normalized spacial score (nSPS) is 17.6. The van der Waals surface area contributed by atoms with Crippen molar-refractivity contribution in [3.05, 3.63) is 29.6 Å². The Hall–Kier alpha value is -1.44. The maximum Gasteiger partial charge on any atom is 0.140 e. The smallest absolute Gasteiger partial charge is 0.140 e. The van der Waals surface area contributed by atoms with Gasteiger partial charge in [-0.15, -0.1) is 0 Å². The van der Waals surface area contributed by atoms with E-state index in [-0.39, 0.29) is 0 Å². The van der Waals surface area contributed by atoms with Gasteiger partial charge >= 0.3 is 0 Å². The molecule has 19 heavy (non-hydrogen) atoms. The maximum absolute atomic E-state index is 8.87. The van der Waals surface area contributed by atoms with Gasteiger partial charge in [-0.1, -0.05) is 6.92 Å². The minimum Gasteiger partial charge on any atom is -0.303 e. The van der Waals surface area contributed by atoms with Crippen LogP contribution in [0.4, 0.5) is 0 Å². The lowest BCUT2D eigenvalue weighted by atomic mass is 10.0. The van der Waals surface area contributed by atoms with Crippen molar-refractivity contribution in [1.29, 1.82) is 5.26 Å². The van der Waals surface area contributed by atoms with E-state index in [1.54, 1.807) is 6.20 Å². The molecule has 1 fully saturated rings. The second-order valence-electron chi connectivity index (χ2n) is 5.24. The van der Waals surface area contributed by atoms with Gasteiger partial charge in [0.25, 0.3) is 0 Å². The molecule has 0 N–H and O–H groups in total. The number of hydrogen-bond acceptors (Lipinski definition) is 4. The van der Waals surface area contributed by atoms with E-state index < -0.39 is 0 Å². The molecule has 1 aliphatic rings. The standard InChI is InChI=1S/C15H22N4/c1-3-19-8-5-15(6-9-19)18(2)12-13-4-7-17-14(10-13)11-16/h4,7,10,15H,3,5-6,8-9,12H2,1-2H3. The van der Waals surface area contributed by atoms with Gasteiger partial charge in [0, 0.05) is 18.8 Å². The fourth-order valence-corrected chi connectivity index (χ4v) is 2.73. The average molecular weight is 258 g/mol. The van der Waals surface area contributed by atoms with Crippen LogP contribution in [-0.2, 0) is 6.54 Å². The highest BCUT2D eigenvalue weighted by Gasteiger charge is 2.21. The van der Waals surface area contributed by atoms with Gasteiger partial charge in [0.1, 0.15) is 11.8 Å². The molecule has 0 saturated carbocycles. The summed E-state index contributed by atoms with van der Waals surface area (Å²) in [5.74, 6) is 0. The highest BCUT2D eigenvalue weighted by atomic mass is 15.2. The van der Waals surface area contributed by atoms with Crippen LogP contribution in [0.25, 0.3) is 0 Å². The first kappa shape index (κ1) is 14.0. The molecule has 0 atom stereocenters. The molecule has 0 unspecified atom stereocenters. The molecule has 0 aliphatic carbocycles. The number of hydrogen-bond donors (Lipinski definition) is 0. The second-order valence-corrected chi connectivity index (χ2v) is 5.24. The van der Waals surface area contributed by atoms with Gasteiger partial charge in [-0.25, -0.2) is 4.98 Å². The number of rotatable bonds is 4. The zero-order valence-electron chi connectivity index (χ0n) is 11.8. The van der Waals surface area contributed by atoms with E-state index in [9.17, 15) is 0 Å². The van der Waals surface area contributed by atoms with Crippen molar-refractivity contribution in [2.24, 2.45) is 0 Å². The van der Waals surface area contributed by atoms with Gasteiger partial charge in [0.15, 0.2) is 0 Å². The molecule has 1 saturated heterocycles. The molecule has 0 amide bonds. The summed E-state index contributed by atoms with van der Waals surface area (Å²) in [6.45, 7) is 6.68. The number of pyridine rings is 1. The van der Waals surface area contributed by atoms with Crippen molar-refractivity contribution >= 4 is 0 Å². The molecular weight excluding hydrogens is 236 g/mol. The van der Waals surface area contributed by atoms with Crippen molar-refractivity contribution in [3.63, 3.8) is 0 Å². The number of nitrogens with zero attached hydrogens (tertiary/aromatic N) is 4. The molecular formula is C15H22N4.